The van der Waals surface area contributed by atoms with E-state index in [0.717, 1.165) is 0 Å². The number of nitrogens with one attached hydrogen (secondary N) is 2. The summed E-state index contributed by atoms with van der Waals surface area (Å²) in [4.78, 5) is 60.2. The molecule has 1 fully saturated rings. The molecule has 3 rings (SSSR count). The minimum absolute atomic E-state index is 0.103. The van der Waals surface area contributed by atoms with Crippen LogP contribution >= 0.6 is 9.24 Å². The summed E-state index contributed by atoms with van der Waals surface area (Å²) in [7, 11) is 2.03. The molecule has 2 aliphatic heterocycles. The molecule has 2 N–H and O–H groups in total. The van der Waals surface area contributed by atoms with Crippen molar-refractivity contribution in [3.63, 3.8) is 0 Å². The standard InChI is InChI=1S/C26H38N3O11P/c30-22(27-6-9-34-11-13-36-15-16-37-14-12-35-10-7-28-26(33)41)18-38-21-5-1-4-20-23(21)25(32)29(24(20)31)19-3-2-8-39-40-17-19/h1,4-5,19H,2-3,6-18,41H2,(H,27,30)(H,28,33). The predicted octanol–water partition coefficient (Wildman–Crippen LogP) is 0.539. The van der Waals surface area contributed by atoms with E-state index in [0.29, 0.717) is 72.2 Å². The minimum Gasteiger partial charge on any atom is -0.483 e. The van der Waals surface area contributed by atoms with Crippen LogP contribution in [0.4, 0.5) is 4.79 Å². The van der Waals surface area contributed by atoms with Crippen LogP contribution in [-0.2, 0) is 33.5 Å². The number of fused-ring (bicyclic) bond motifs is 1. The van der Waals surface area contributed by atoms with Crippen LogP contribution in [0.5, 0.6) is 5.75 Å². The second kappa shape index (κ2) is 18.7. The molecule has 1 saturated heterocycles. The fraction of sp³-hybridized carbons (Fsp3) is 0.615. The molecule has 1 aromatic rings. The molecule has 0 saturated carbocycles. The molecule has 0 spiro atoms. The second-order valence-corrected chi connectivity index (χ2v) is 9.47. The van der Waals surface area contributed by atoms with Gasteiger partial charge in [0.2, 0.25) is 5.65 Å². The maximum absolute atomic E-state index is 13.1. The Morgan fingerprint density at radius 2 is 1.51 bits per heavy atom. The van der Waals surface area contributed by atoms with E-state index in [2.05, 4.69) is 10.6 Å². The second-order valence-electron chi connectivity index (χ2n) is 8.94. The first-order valence-corrected chi connectivity index (χ1v) is 14.1. The Balaban J connectivity index is 1.22. The van der Waals surface area contributed by atoms with Crippen molar-refractivity contribution in [1.29, 1.82) is 0 Å². The van der Waals surface area contributed by atoms with Gasteiger partial charge in [0.05, 0.1) is 76.6 Å². The molecular weight excluding hydrogens is 561 g/mol. The Labute approximate surface area is 240 Å². The van der Waals surface area contributed by atoms with Crippen LogP contribution < -0.4 is 15.4 Å². The summed E-state index contributed by atoms with van der Waals surface area (Å²) < 4.78 is 27.1. The molecule has 4 amide bonds. The fourth-order valence-corrected chi connectivity index (χ4v) is 4.18. The van der Waals surface area contributed by atoms with E-state index >= 15 is 0 Å². The Bertz CT molecular complexity index is 1000. The number of ether oxygens (including phenoxy) is 5. The lowest BCUT2D eigenvalue weighted by Gasteiger charge is -2.23. The third-order valence-electron chi connectivity index (χ3n) is 5.97. The van der Waals surface area contributed by atoms with Gasteiger partial charge in [0.25, 0.3) is 17.7 Å². The fourth-order valence-electron chi connectivity index (χ4n) is 4.04. The number of carbonyl (C=O) groups is 4. The zero-order chi connectivity index (χ0) is 29.3. The van der Waals surface area contributed by atoms with Crippen molar-refractivity contribution in [2.45, 2.75) is 18.9 Å². The summed E-state index contributed by atoms with van der Waals surface area (Å²) >= 11 is 0. The van der Waals surface area contributed by atoms with E-state index in [1.165, 1.54) is 4.90 Å². The summed E-state index contributed by atoms with van der Waals surface area (Å²) in [5, 5.41) is 5.28. The molecule has 0 aliphatic carbocycles. The molecule has 2 heterocycles. The van der Waals surface area contributed by atoms with Gasteiger partial charge in [0.15, 0.2) is 6.61 Å². The predicted molar refractivity (Wildman–Crippen MR) is 147 cm³/mol. The topological polar surface area (TPSA) is 160 Å². The van der Waals surface area contributed by atoms with E-state index in [-0.39, 0.29) is 54.8 Å². The monoisotopic (exact) mass is 599 g/mol. The van der Waals surface area contributed by atoms with Gasteiger partial charge in [-0.1, -0.05) is 6.07 Å². The number of imide groups is 1. The average molecular weight is 600 g/mol. The van der Waals surface area contributed by atoms with Crippen molar-refractivity contribution >= 4 is 32.6 Å². The van der Waals surface area contributed by atoms with Crippen LogP contribution in [0.25, 0.3) is 0 Å². The first-order chi connectivity index (χ1) is 20.0. The van der Waals surface area contributed by atoms with Gasteiger partial charge in [-0.3, -0.25) is 24.1 Å². The van der Waals surface area contributed by atoms with Crippen molar-refractivity contribution in [3.8, 4) is 5.75 Å². The van der Waals surface area contributed by atoms with Crippen LogP contribution in [0.15, 0.2) is 18.2 Å². The van der Waals surface area contributed by atoms with Crippen molar-refractivity contribution in [3.05, 3.63) is 29.3 Å². The summed E-state index contributed by atoms with van der Waals surface area (Å²) in [5.74, 6) is -1.09. The van der Waals surface area contributed by atoms with Gasteiger partial charge in [0.1, 0.15) is 12.4 Å². The summed E-state index contributed by atoms with van der Waals surface area (Å²) in [5.41, 5.74) is 0.219. The van der Waals surface area contributed by atoms with Crippen molar-refractivity contribution < 1.29 is 52.6 Å². The molecule has 0 radical (unpaired) electrons. The van der Waals surface area contributed by atoms with E-state index in [1.807, 2.05) is 9.24 Å². The lowest BCUT2D eigenvalue weighted by Crippen LogP contribution is -2.42. The number of nitrogens with zero attached hydrogens (tertiary/aromatic N) is 1. The Morgan fingerprint density at radius 1 is 0.878 bits per heavy atom. The number of hydrogen-bond donors (Lipinski definition) is 2. The van der Waals surface area contributed by atoms with Crippen molar-refractivity contribution in [2.75, 3.05) is 85.8 Å². The van der Waals surface area contributed by atoms with Crippen molar-refractivity contribution in [2.24, 2.45) is 0 Å². The number of benzene rings is 1. The molecule has 228 valence electrons. The Hall–Kier alpha value is -2.71. The number of rotatable bonds is 19. The average Bonchev–Trinajstić information content (AvgIpc) is 3.11. The third-order valence-corrected chi connectivity index (χ3v) is 6.18. The Kier molecular flexibility index (Phi) is 14.9. The van der Waals surface area contributed by atoms with E-state index in [1.54, 1.807) is 18.2 Å². The van der Waals surface area contributed by atoms with E-state index in [9.17, 15) is 19.2 Å². The van der Waals surface area contributed by atoms with Gasteiger partial charge in [-0.15, -0.1) is 0 Å². The molecule has 14 nitrogen and oxygen atoms in total. The maximum atomic E-state index is 13.1. The van der Waals surface area contributed by atoms with Crippen molar-refractivity contribution in [1.82, 2.24) is 15.5 Å². The lowest BCUT2D eigenvalue weighted by molar-refractivity contribution is -0.291. The summed E-state index contributed by atoms with van der Waals surface area (Å²) in [6.07, 6.45) is 1.24. The quantitative estimate of drug-likeness (QED) is 0.0989. The molecular formula is C26H38N3O11P. The van der Waals surface area contributed by atoms with E-state index in [4.69, 9.17) is 33.5 Å². The number of amides is 4. The lowest BCUT2D eigenvalue weighted by atomic mass is 10.1. The zero-order valence-corrected chi connectivity index (χ0v) is 24.1. The Morgan fingerprint density at radius 3 is 2.17 bits per heavy atom. The maximum Gasteiger partial charge on any atom is 0.265 e. The van der Waals surface area contributed by atoms with E-state index < -0.39 is 17.9 Å². The number of hydrogen-bond acceptors (Lipinski definition) is 11. The molecule has 2 atom stereocenters. The molecule has 15 heteroatoms. The first kappa shape index (κ1) is 32.8. The molecule has 0 aromatic heterocycles. The highest BCUT2D eigenvalue weighted by molar-refractivity contribution is 7.39. The highest BCUT2D eigenvalue weighted by Gasteiger charge is 2.42. The summed E-state index contributed by atoms with van der Waals surface area (Å²) in [6, 6.07) is 4.31. The molecule has 41 heavy (non-hydrogen) atoms. The van der Waals surface area contributed by atoms with Crippen LogP contribution in [-0.4, -0.2) is 120 Å². The normalized spacial score (nSPS) is 16.8. The van der Waals surface area contributed by atoms with Crippen LogP contribution in [0.1, 0.15) is 33.6 Å². The highest BCUT2D eigenvalue weighted by atomic mass is 31.0. The molecule has 0 bridgehead atoms. The van der Waals surface area contributed by atoms with Gasteiger partial charge < -0.3 is 34.3 Å². The molecule has 2 unspecified atom stereocenters. The molecule has 2 aliphatic rings. The van der Waals surface area contributed by atoms with Gasteiger partial charge in [-0.25, -0.2) is 9.78 Å². The van der Waals surface area contributed by atoms with Crippen LogP contribution in [0.2, 0.25) is 0 Å². The van der Waals surface area contributed by atoms with Crippen LogP contribution in [0, 0.1) is 0 Å². The first-order valence-electron chi connectivity index (χ1n) is 13.5. The van der Waals surface area contributed by atoms with Crippen LogP contribution in [0.3, 0.4) is 0 Å². The third kappa shape index (κ3) is 11.2. The van der Waals surface area contributed by atoms with Gasteiger partial charge in [-0.2, -0.15) is 0 Å². The largest absolute Gasteiger partial charge is 0.483 e. The summed E-state index contributed by atoms with van der Waals surface area (Å²) in [6.45, 7) is 4.08. The highest BCUT2D eigenvalue weighted by Crippen LogP contribution is 2.33. The van der Waals surface area contributed by atoms with Gasteiger partial charge in [0, 0.05) is 13.1 Å². The molecule has 1 aromatic carbocycles. The minimum atomic E-state index is -0.470. The van der Waals surface area contributed by atoms with Gasteiger partial charge >= 0.3 is 0 Å². The smallest absolute Gasteiger partial charge is 0.265 e. The van der Waals surface area contributed by atoms with Gasteiger partial charge in [-0.05, 0) is 34.2 Å². The zero-order valence-electron chi connectivity index (χ0n) is 22.9. The number of carbonyl (C=O) groups excluding carboxylic acids is 4. The SMILES string of the molecule is O=C(P)NCCOCCOCCOCCOCCNC(=O)COc1cccc2c1C(=O)N(C1CCCOOC1)C2=O.